The van der Waals surface area contributed by atoms with Crippen LogP contribution in [-0.2, 0) is 16.1 Å². The first-order chi connectivity index (χ1) is 15.2. The van der Waals surface area contributed by atoms with E-state index in [2.05, 4.69) is 10.4 Å². The van der Waals surface area contributed by atoms with E-state index < -0.39 is 0 Å². The fourth-order valence-corrected chi connectivity index (χ4v) is 4.25. The Morgan fingerprint density at radius 3 is 2.74 bits per heavy atom. The zero-order chi connectivity index (χ0) is 21.2. The molecule has 2 aliphatic rings. The number of carbonyl (C=O) groups excluding carboxylic acids is 2. The normalized spacial score (nSPS) is 15.2. The predicted molar refractivity (Wildman–Crippen MR) is 113 cm³/mol. The number of hydrogen-bond donors (Lipinski definition) is 1. The van der Waals surface area contributed by atoms with Crippen LogP contribution in [0, 0.1) is 0 Å². The standard InChI is InChI=1S/C21H20N4O5S/c26-20(22-14-3-4-17-18(10-14)30-13-29-17)12-25-16(19-2-1-9-31-19)11-15(23-25)21(27)24-5-7-28-8-6-24/h1-4,9-11H,5-8,12-13H2,(H,22,26). The Hall–Kier alpha value is -3.37. The zero-order valence-electron chi connectivity index (χ0n) is 16.6. The molecule has 9 nitrogen and oxygen atoms in total. The number of nitrogens with zero attached hydrogens (tertiary/aromatic N) is 3. The van der Waals surface area contributed by atoms with Crippen LogP contribution in [0.5, 0.6) is 11.5 Å². The molecule has 0 spiro atoms. The monoisotopic (exact) mass is 440 g/mol. The minimum Gasteiger partial charge on any atom is -0.454 e. The van der Waals surface area contributed by atoms with Crippen molar-refractivity contribution >= 4 is 28.8 Å². The number of amides is 2. The number of morpholine rings is 1. The summed E-state index contributed by atoms with van der Waals surface area (Å²) in [5, 5.41) is 9.26. The quantitative estimate of drug-likeness (QED) is 0.655. The molecule has 0 atom stereocenters. The third-order valence-corrected chi connectivity index (χ3v) is 5.91. The molecule has 10 heteroatoms. The minimum atomic E-state index is -0.259. The first-order valence-corrected chi connectivity index (χ1v) is 10.7. The lowest BCUT2D eigenvalue weighted by Gasteiger charge is -2.25. The molecule has 0 bridgehead atoms. The lowest BCUT2D eigenvalue weighted by atomic mass is 10.2. The van der Waals surface area contributed by atoms with E-state index in [0.29, 0.717) is 49.2 Å². The Labute approximate surface area is 182 Å². The number of fused-ring (bicyclic) bond motifs is 1. The smallest absolute Gasteiger partial charge is 0.274 e. The van der Waals surface area contributed by atoms with Crippen molar-refractivity contribution in [2.45, 2.75) is 6.54 Å². The summed E-state index contributed by atoms with van der Waals surface area (Å²) in [5.41, 5.74) is 1.65. The molecule has 2 aromatic heterocycles. The van der Waals surface area contributed by atoms with Gasteiger partial charge in [-0.1, -0.05) is 6.07 Å². The Bertz CT molecular complexity index is 1110. The maximum atomic E-state index is 12.9. The van der Waals surface area contributed by atoms with Crippen molar-refractivity contribution in [3.8, 4) is 22.1 Å². The second-order valence-electron chi connectivity index (χ2n) is 7.07. The van der Waals surface area contributed by atoms with Gasteiger partial charge in [0, 0.05) is 24.8 Å². The van der Waals surface area contributed by atoms with Crippen LogP contribution in [0.1, 0.15) is 10.5 Å². The van der Waals surface area contributed by atoms with E-state index in [9.17, 15) is 9.59 Å². The zero-order valence-corrected chi connectivity index (χ0v) is 17.4. The van der Waals surface area contributed by atoms with Gasteiger partial charge in [-0.3, -0.25) is 14.3 Å². The first-order valence-electron chi connectivity index (χ1n) is 9.85. The molecule has 160 valence electrons. The van der Waals surface area contributed by atoms with Crippen molar-refractivity contribution in [2.24, 2.45) is 0 Å². The number of anilines is 1. The summed E-state index contributed by atoms with van der Waals surface area (Å²) < 4.78 is 17.5. The molecule has 0 aliphatic carbocycles. The summed E-state index contributed by atoms with van der Waals surface area (Å²) in [6.07, 6.45) is 0. The van der Waals surface area contributed by atoms with Gasteiger partial charge in [0.15, 0.2) is 17.2 Å². The third-order valence-electron chi connectivity index (χ3n) is 5.02. The Balaban J connectivity index is 1.36. The Morgan fingerprint density at radius 2 is 1.94 bits per heavy atom. The molecule has 31 heavy (non-hydrogen) atoms. The molecule has 1 fully saturated rings. The number of aromatic nitrogens is 2. The lowest BCUT2D eigenvalue weighted by molar-refractivity contribution is -0.116. The van der Waals surface area contributed by atoms with Crippen LogP contribution in [0.4, 0.5) is 5.69 Å². The fourth-order valence-electron chi connectivity index (χ4n) is 3.50. The molecular weight excluding hydrogens is 420 g/mol. The highest BCUT2D eigenvalue weighted by Crippen LogP contribution is 2.34. The number of nitrogens with one attached hydrogen (secondary N) is 1. The molecule has 0 radical (unpaired) electrons. The van der Waals surface area contributed by atoms with E-state index in [1.165, 1.54) is 11.3 Å². The maximum absolute atomic E-state index is 12.9. The van der Waals surface area contributed by atoms with Crippen molar-refractivity contribution in [2.75, 3.05) is 38.4 Å². The van der Waals surface area contributed by atoms with Gasteiger partial charge in [-0.05, 0) is 29.6 Å². The van der Waals surface area contributed by atoms with E-state index in [-0.39, 0.29) is 25.2 Å². The van der Waals surface area contributed by atoms with E-state index in [1.807, 2.05) is 17.5 Å². The maximum Gasteiger partial charge on any atom is 0.274 e. The number of ether oxygens (including phenoxy) is 3. The number of benzene rings is 1. The average molecular weight is 440 g/mol. The summed E-state index contributed by atoms with van der Waals surface area (Å²) in [6, 6.07) is 10.8. The molecule has 2 amide bonds. The average Bonchev–Trinajstić information content (AvgIpc) is 3.54. The third kappa shape index (κ3) is 4.12. The first kappa shape index (κ1) is 19.6. The predicted octanol–water partition coefficient (Wildman–Crippen LogP) is 2.45. The van der Waals surface area contributed by atoms with Gasteiger partial charge in [0.2, 0.25) is 12.7 Å². The van der Waals surface area contributed by atoms with E-state index >= 15 is 0 Å². The van der Waals surface area contributed by atoms with Gasteiger partial charge in [-0.2, -0.15) is 5.10 Å². The topological polar surface area (TPSA) is 94.9 Å². The molecule has 0 unspecified atom stereocenters. The molecule has 1 aromatic carbocycles. The van der Waals surface area contributed by atoms with Crippen molar-refractivity contribution < 1.29 is 23.8 Å². The van der Waals surface area contributed by atoms with Crippen LogP contribution < -0.4 is 14.8 Å². The molecule has 4 heterocycles. The summed E-state index contributed by atoms with van der Waals surface area (Å²) >= 11 is 1.53. The number of rotatable bonds is 5. The van der Waals surface area contributed by atoms with E-state index in [0.717, 1.165) is 10.6 Å². The summed E-state index contributed by atoms with van der Waals surface area (Å²) in [5.74, 6) is 0.826. The highest BCUT2D eigenvalue weighted by atomic mass is 32.1. The van der Waals surface area contributed by atoms with Gasteiger partial charge in [-0.15, -0.1) is 11.3 Å². The number of thiophene rings is 1. The Morgan fingerprint density at radius 1 is 1.10 bits per heavy atom. The number of hydrogen-bond acceptors (Lipinski definition) is 7. The minimum absolute atomic E-state index is 0.0297. The fraction of sp³-hybridized carbons (Fsp3) is 0.286. The van der Waals surface area contributed by atoms with Gasteiger partial charge in [0.05, 0.1) is 23.8 Å². The van der Waals surface area contributed by atoms with Crippen LogP contribution in [0.2, 0.25) is 0 Å². The molecule has 1 N–H and O–H groups in total. The molecular formula is C21H20N4O5S. The van der Waals surface area contributed by atoms with E-state index in [1.54, 1.807) is 33.8 Å². The summed E-state index contributed by atoms with van der Waals surface area (Å²) in [4.78, 5) is 28.3. The van der Waals surface area contributed by atoms with Gasteiger partial charge in [0.1, 0.15) is 6.54 Å². The second kappa shape index (κ2) is 8.40. The molecule has 2 aliphatic heterocycles. The van der Waals surface area contributed by atoms with Crippen LogP contribution in [0.15, 0.2) is 41.8 Å². The summed E-state index contributed by atoms with van der Waals surface area (Å²) in [7, 11) is 0. The van der Waals surface area contributed by atoms with Gasteiger partial charge >= 0.3 is 0 Å². The number of carbonyl (C=O) groups is 2. The van der Waals surface area contributed by atoms with Gasteiger partial charge < -0.3 is 24.4 Å². The van der Waals surface area contributed by atoms with Crippen LogP contribution in [0.3, 0.4) is 0 Å². The largest absolute Gasteiger partial charge is 0.454 e. The van der Waals surface area contributed by atoms with Crippen LogP contribution in [0.25, 0.3) is 10.6 Å². The Kier molecular flexibility index (Phi) is 5.31. The van der Waals surface area contributed by atoms with Crippen molar-refractivity contribution in [3.63, 3.8) is 0 Å². The molecule has 3 aromatic rings. The van der Waals surface area contributed by atoms with Crippen molar-refractivity contribution in [1.82, 2.24) is 14.7 Å². The van der Waals surface area contributed by atoms with Gasteiger partial charge in [-0.25, -0.2) is 0 Å². The van der Waals surface area contributed by atoms with Gasteiger partial charge in [0.25, 0.3) is 5.91 Å². The summed E-state index contributed by atoms with van der Waals surface area (Å²) in [6.45, 7) is 2.24. The molecule has 0 saturated carbocycles. The van der Waals surface area contributed by atoms with Crippen LogP contribution in [-0.4, -0.2) is 59.6 Å². The van der Waals surface area contributed by atoms with Crippen molar-refractivity contribution in [1.29, 1.82) is 0 Å². The second-order valence-corrected chi connectivity index (χ2v) is 8.02. The van der Waals surface area contributed by atoms with Crippen LogP contribution >= 0.6 is 11.3 Å². The SMILES string of the molecule is O=C(Cn1nc(C(=O)N2CCOCC2)cc1-c1cccs1)Nc1ccc2c(c1)OCO2. The molecule has 1 saturated heterocycles. The molecule has 5 rings (SSSR count). The highest BCUT2D eigenvalue weighted by Gasteiger charge is 2.24. The van der Waals surface area contributed by atoms with E-state index in [4.69, 9.17) is 14.2 Å². The lowest BCUT2D eigenvalue weighted by Crippen LogP contribution is -2.40. The van der Waals surface area contributed by atoms with Crippen molar-refractivity contribution in [3.05, 3.63) is 47.5 Å². The highest BCUT2D eigenvalue weighted by molar-refractivity contribution is 7.13.